The van der Waals surface area contributed by atoms with Gasteiger partial charge in [-0.1, -0.05) is 34.1 Å². The molecule has 0 amide bonds. The van der Waals surface area contributed by atoms with Crippen LogP contribution in [0.4, 0.5) is 0 Å². The lowest BCUT2D eigenvalue weighted by atomic mass is 9.85. The van der Waals surface area contributed by atoms with Crippen LogP contribution in [0.5, 0.6) is 0 Å². The molecule has 0 spiro atoms. The number of carbonyl (C=O) groups excluding carboxylic acids is 1. The van der Waals surface area contributed by atoms with Crippen LogP contribution in [0.3, 0.4) is 0 Å². The van der Waals surface area contributed by atoms with Gasteiger partial charge < -0.3 is 10.1 Å². The zero-order valence-electron chi connectivity index (χ0n) is 13.7. The highest BCUT2D eigenvalue weighted by atomic mass is 32.2. The van der Waals surface area contributed by atoms with Gasteiger partial charge in [-0.25, -0.2) is 0 Å². The smallest absolute Gasteiger partial charge is 0.326 e. The van der Waals surface area contributed by atoms with Crippen molar-refractivity contribution in [2.24, 2.45) is 11.8 Å². The molecule has 1 saturated carbocycles. The van der Waals surface area contributed by atoms with Gasteiger partial charge in [0.2, 0.25) is 0 Å². The van der Waals surface area contributed by atoms with Crippen LogP contribution in [-0.4, -0.2) is 36.2 Å². The molecule has 0 aromatic carbocycles. The zero-order valence-corrected chi connectivity index (χ0v) is 14.5. The van der Waals surface area contributed by atoms with Gasteiger partial charge in [0.15, 0.2) is 0 Å². The van der Waals surface area contributed by atoms with Gasteiger partial charge in [0.25, 0.3) is 0 Å². The summed E-state index contributed by atoms with van der Waals surface area (Å²) in [5.74, 6) is 2.20. The van der Waals surface area contributed by atoms with Crippen molar-refractivity contribution in [1.82, 2.24) is 5.32 Å². The number of methoxy groups -OCH3 is 1. The summed E-state index contributed by atoms with van der Waals surface area (Å²) >= 11 is 2.03. The van der Waals surface area contributed by atoms with Crippen molar-refractivity contribution in [3.63, 3.8) is 0 Å². The number of ether oxygens (including phenoxy) is 1. The average Bonchev–Trinajstić information content (AvgIpc) is 2.82. The van der Waals surface area contributed by atoms with Crippen LogP contribution in [0.1, 0.15) is 53.4 Å². The molecule has 1 aliphatic rings. The summed E-state index contributed by atoms with van der Waals surface area (Å²) in [6, 6.07) is 0. The molecule has 0 saturated heterocycles. The van der Waals surface area contributed by atoms with E-state index in [9.17, 15) is 4.79 Å². The fourth-order valence-electron chi connectivity index (χ4n) is 3.13. The summed E-state index contributed by atoms with van der Waals surface area (Å²) < 4.78 is 5.08. The minimum atomic E-state index is -0.425. The number of hydrogen-bond acceptors (Lipinski definition) is 4. The summed E-state index contributed by atoms with van der Waals surface area (Å²) in [7, 11) is 1.51. The zero-order chi connectivity index (χ0) is 15.2. The Morgan fingerprint density at radius 2 is 2.15 bits per heavy atom. The standard InChI is InChI=1S/C16H31NO2S/c1-6-17-16(15(18)19-5)10-7-8-14(16)9-11-20-13(4)12(2)3/h12-14,17H,6-11H2,1-5H3. The second kappa shape index (κ2) is 8.28. The van der Waals surface area contributed by atoms with Gasteiger partial charge in [0, 0.05) is 5.25 Å². The van der Waals surface area contributed by atoms with E-state index in [1.165, 1.54) is 7.11 Å². The summed E-state index contributed by atoms with van der Waals surface area (Å²) in [5.41, 5.74) is -0.425. The number of nitrogens with one attached hydrogen (secondary N) is 1. The first-order chi connectivity index (χ1) is 9.47. The third kappa shape index (κ3) is 4.14. The van der Waals surface area contributed by atoms with Crippen LogP contribution >= 0.6 is 11.8 Å². The van der Waals surface area contributed by atoms with E-state index >= 15 is 0 Å². The molecule has 1 aliphatic carbocycles. The molecule has 3 nitrogen and oxygen atoms in total. The Hall–Kier alpha value is -0.220. The molecule has 1 rings (SSSR count). The Bertz CT molecular complexity index is 309. The van der Waals surface area contributed by atoms with Crippen LogP contribution in [0.25, 0.3) is 0 Å². The Kier molecular flexibility index (Phi) is 7.38. The summed E-state index contributed by atoms with van der Waals surface area (Å²) in [5, 5.41) is 4.12. The fraction of sp³-hybridized carbons (Fsp3) is 0.938. The molecule has 0 bridgehead atoms. The van der Waals surface area contributed by atoms with Crippen molar-refractivity contribution < 1.29 is 9.53 Å². The monoisotopic (exact) mass is 301 g/mol. The molecule has 0 radical (unpaired) electrons. The first kappa shape index (κ1) is 17.8. The predicted octanol–water partition coefficient (Wildman–Crippen LogP) is 3.48. The largest absolute Gasteiger partial charge is 0.468 e. The van der Waals surface area contributed by atoms with Gasteiger partial charge in [-0.05, 0) is 43.4 Å². The predicted molar refractivity (Wildman–Crippen MR) is 87.1 cm³/mol. The van der Waals surface area contributed by atoms with Gasteiger partial charge in [-0.15, -0.1) is 0 Å². The number of likely N-dealkylation sites (N-methyl/N-ethyl adjacent to an activating group) is 1. The fourth-order valence-corrected chi connectivity index (χ4v) is 4.31. The first-order valence-electron chi connectivity index (χ1n) is 7.93. The minimum absolute atomic E-state index is 0.0660. The molecule has 118 valence electrons. The Morgan fingerprint density at radius 1 is 1.45 bits per heavy atom. The van der Waals surface area contributed by atoms with Crippen LogP contribution in [0.15, 0.2) is 0 Å². The van der Waals surface area contributed by atoms with Crippen molar-refractivity contribution in [3.05, 3.63) is 0 Å². The molecule has 1 N–H and O–H groups in total. The van der Waals surface area contributed by atoms with E-state index in [1.807, 2.05) is 11.8 Å². The van der Waals surface area contributed by atoms with Crippen LogP contribution in [0, 0.1) is 11.8 Å². The number of esters is 1. The third-order valence-electron chi connectivity index (χ3n) is 4.65. The maximum atomic E-state index is 12.3. The number of rotatable bonds is 8. The Morgan fingerprint density at radius 3 is 2.70 bits per heavy atom. The molecule has 3 unspecified atom stereocenters. The second-order valence-electron chi connectivity index (χ2n) is 6.19. The van der Waals surface area contributed by atoms with E-state index in [2.05, 4.69) is 33.0 Å². The van der Waals surface area contributed by atoms with Crippen LogP contribution in [0.2, 0.25) is 0 Å². The number of thioether (sulfide) groups is 1. The van der Waals surface area contributed by atoms with E-state index in [-0.39, 0.29) is 5.97 Å². The molecule has 3 atom stereocenters. The van der Waals surface area contributed by atoms with Crippen LogP contribution < -0.4 is 5.32 Å². The number of carbonyl (C=O) groups is 1. The maximum Gasteiger partial charge on any atom is 0.326 e. The summed E-state index contributed by atoms with van der Waals surface area (Å²) in [6.45, 7) is 9.72. The second-order valence-corrected chi connectivity index (χ2v) is 7.68. The van der Waals surface area contributed by atoms with Crippen molar-refractivity contribution >= 4 is 17.7 Å². The lowest BCUT2D eigenvalue weighted by Gasteiger charge is -2.33. The average molecular weight is 301 g/mol. The van der Waals surface area contributed by atoms with Gasteiger partial charge in [-0.3, -0.25) is 4.79 Å². The SMILES string of the molecule is CCNC1(C(=O)OC)CCCC1CCSC(C)C(C)C. The van der Waals surface area contributed by atoms with Gasteiger partial charge in [0.1, 0.15) is 5.54 Å². The molecule has 4 heteroatoms. The van der Waals surface area contributed by atoms with Crippen molar-refractivity contribution in [2.45, 2.75) is 64.2 Å². The van der Waals surface area contributed by atoms with E-state index in [0.29, 0.717) is 17.1 Å². The lowest BCUT2D eigenvalue weighted by Crippen LogP contribution is -2.55. The quantitative estimate of drug-likeness (QED) is 0.697. The molecule has 0 aliphatic heterocycles. The van der Waals surface area contributed by atoms with Gasteiger partial charge in [-0.2, -0.15) is 11.8 Å². The number of hydrogen-bond donors (Lipinski definition) is 1. The normalized spacial score (nSPS) is 27.8. The van der Waals surface area contributed by atoms with Crippen molar-refractivity contribution in [3.8, 4) is 0 Å². The van der Waals surface area contributed by atoms with Gasteiger partial charge >= 0.3 is 5.97 Å². The van der Waals surface area contributed by atoms with E-state index in [1.54, 1.807) is 0 Å². The van der Waals surface area contributed by atoms with E-state index in [4.69, 9.17) is 4.74 Å². The summed E-state index contributed by atoms with van der Waals surface area (Å²) in [4.78, 5) is 12.3. The maximum absolute atomic E-state index is 12.3. The van der Waals surface area contributed by atoms with E-state index < -0.39 is 5.54 Å². The highest BCUT2D eigenvalue weighted by molar-refractivity contribution is 7.99. The van der Waals surface area contributed by atoms with Crippen molar-refractivity contribution in [2.75, 3.05) is 19.4 Å². The lowest BCUT2D eigenvalue weighted by molar-refractivity contribution is -0.150. The third-order valence-corrected chi connectivity index (χ3v) is 6.19. The van der Waals surface area contributed by atoms with Crippen molar-refractivity contribution in [1.29, 1.82) is 0 Å². The minimum Gasteiger partial charge on any atom is -0.468 e. The van der Waals surface area contributed by atoms with E-state index in [0.717, 1.165) is 38.0 Å². The Labute approximate surface area is 128 Å². The first-order valence-corrected chi connectivity index (χ1v) is 8.97. The van der Waals surface area contributed by atoms with Crippen LogP contribution in [-0.2, 0) is 9.53 Å². The van der Waals surface area contributed by atoms with Gasteiger partial charge in [0.05, 0.1) is 7.11 Å². The topological polar surface area (TPSA) is 38.3 Å². The Balaban J connectivity index is 2.60. The molecule has 0 heterocycles. The highest BCUT2D eigenvalue weighted by Gasteiger charge is 2.48. The molecular formula is C16H31NO2S. The molecular weight excluding hydrogens is 270 g/mol. The summed E-state index contributed by atoms with van der Waals surface area (Å²) in [6.07, 6.45) is 4.28. The molecule has 0 aromatic heterocycles. The highest BCUT2D eigenvalue weighted by Crippen LogP contribution is 2.40. The molecule has 1 fully saturated rings. The molecule has 0 aromatic rings. The molecule has 20 heavy (non-hydrogen) atoms.